The molecule has 21 heavy (non-hydrogen) atoms. The van der Waals surface area contributed by atoms with Gasteiger partial charge in [-0.05, 0) is 42.8 Å². The summed E-state index contributed by atoms with van der Waals surface area (Å²) in [6, 6.07) is 14.2. The number of amides is 1. The molecule has 0 saturated carbocycles. The van der Waals surface area contributed by atoms with Gasteiger partial charge in [-0.2, -0.15) is 0 Å². The molecule has 0 radical (unpaired) electrons. The first-order valence-corrected chi connectivity index (χ1v) is 7.36. The number of hydrogen-bond donors (Lipinski definition) is 1. The molecule has 1 amide bonds. The fraction of sp³-hybridized carbons (Fsp3) is 0.235. The zero-order chi connectivity index (χ0) is 15.1. The zero-order valence-corrected chi connectivity index (χ0v) is 12.7. The summed E-state index contributed by atoms with van der Waals surface area (Å²) in [4.78, 5) is 12.2. The molecule has 3 nitrogen and oxygen atoms in total. The summed E-state index contributed by atoms with van der Waals surface area (Å²) in [5, 5.41) is 3.40. The van der Waals surface area contributed by atoms with Gasteiger partial charge in [-0.15, -0.1) is 0 Å². The van der Waals surface area contributed by atoms with Crippen molar-refractivity contribution in [1.29, 1.82) is 0 Å². The van der Waals surface area contributed by atoms with Gasteiger partial charge < -0.3 is 10.1 Å². The molecule has 0 saturated heterocycles. The summed E-state index contributed by atoms with van der Waals surface area (Å²) in [6.07, 6.45) is 2.08. The van der Waals surface area contributed by atoms with Crippen LogP contribution in [0.2, 0.25) is 5.02 Å². The van der Waals surface area contributed by atoms with E-state index in [4.69, 9.17) is 16.3 Å². The maximum atomic E-state index is 12.2. The number of halogens is 1. The molecule has 2 aromatic rings. The van der Waals surface area contributed by atoms with Gasteiger partial charge in [0.05, 0.1) is 6.61 Å². The topological polar surface area (TPSA) is 38.3 Å². The Balaban J connectivity index is 2.03. The number of hydrogen-bond acceptors (Lipinski definition) is 2. The predicted octanol–water partition coefficient (Wildman–Crippen LogP) is 4.77. The average Bonchev–Trinajstić information content (AvgIpc) is 2.48. The Morgan fingerprint density at radius 2 is 2.00 bits per heavy atom. The monoisotopic (exact) mass is 303 g/mol. The quantitative estimate of drug-likeness (QED) is 0.781. The number of ether oxygens (including phenoxy) is 1. The van der Waals surface area contributed by atoms with Gasteiger partial charge in [-0.3, -0.25) is 4.79 Å². The molecule has 0 bridgehead atoms. The van der Waals surface area contributed by atoms with Crippen LogP contribution in [-0.2, 0) is 0 Å². The molecular formula is C17H18ClNO2. The first-order chi connectivity index (χ1) is 10.2. The van der Waals surface area contributed by atoms with Crippen LogP contribution in [0.25, 0.3) is 0 Å². The van der Waals surface area contributed by atoms with Gasteiger partial charge in [0.1, 0.15) is 5.75 Å². The summed E-state index contributed by atoms with van der Waals surface area (Å²) in [6.45, 7) is 2.77. The van der Waals surface area contributed by atoms with Crippen molar-refractivity contribution >= 4 is 23.2 Å². The molecule has 0 heterocycles. The summed E-state index contributed by atoms with van der Waals surface area (Å²) >= 11 is 5.90. The van der Waals surface area contributed by atoms with Gasteiger partial charge in [-0.25, -0.2) is 0 Å². The number of rotatable bonds is 6. The van der Waals surface area contributed by atoms with Crippen LogP contribution in [0.1, 0.15) is 30.1 Å². The Hall–Kier alpha value is -2.00. The van der Waals surface area contributed by atoms with Crippen molar-refractivity contribution in [3.63, 3.8) is 0 Å². The molecule has 2 aromatic carbocycles. The first-order valence-electron chi connectivity index (χ1n) is 6.99. The van der Waals surface area contributed by atoms with E-state index in [-0.39, 0.29) is 5.91 Å². The Morgan fingerprint density at radius 3 is 2.76 bits per heavy atom. The third-order valence-corrected chi connectivity index (χ3v) is 3.18. The molecular weight excluding hydrogens is 286 g/mol. The van der Waals surface area contributed by atoms with Crippen molar-refractivity contribution in [2.45, 2.75) is 19.8 Å². The van der Waals surface area contributed by atoms with E-state index >= 15 is 0 Å². The minimum absolute atomic E-state index is 0.182. The SMILES string of the molecule is CCCCOc1cccc(C(=O)Nc2cccc(Cl)c2)c1. The van der Waals surface area contributed by atoms with Crippen LogP contribution in [0, 0.1) is 0 Å². The smallest absolute Gasteiger partial charge is 0.255 e. The first kappa shape index (κ1) is 15.4. The standard InChI is InChI=1S/C17H18ClNO2/c1-2-3-10-21-16-9-4-6-13(11-16)17(20)19-15-8-5-7-14(18)12-15/h4-9,11-12H,2-3,10H2,1H3,(H,19,20). The van der Waals surface area contributed by atoms with Gasteiger partial charge in [-0.1, -0.05) is 37.1 Å². The van der Waals surface area contributed by atoms with E-state index in [1.807, 2.05) is 12.1 Å². The zero-order valence-electron chi connectivity index (χ0n) is 11.9. The molecule has 0 atom stereocenters. The number of benzene rings is 2. The molecule has 0 unspecified atom stereocenters. The largest absolute Gasteiger partial charge is 0.494 e. The van der Waals surface area contributed by atoms with E-state index in [9.17, 15) is 4.79 Å². The van der Waals surface area contributed by atoms with Crippen molar-refractivity contribution in [2.24, 2.45) is 0 Å². The highest BCUT2D eigenvalue weighted by Crippen LogP contribution is 2.18. The molecule has 0 fully saturated rings. The van der Waals surface area contributed by atoms with Crippen LogP contribution < -0.4 is 10.1 Å². The maximum Gasteiger partial charge on any atom is 0.255 e. The predicted molar refractivity (Wildman–Crippen MR) is 86.3 cm³/mol. The van der Waals surface area contributed by atoms with E-state index in [2.05, 4.69) is 12.2 Å². The lowest BCUT2D eigenvalue weighted by Crippen LogP contribution is -2.12. The van der Waals surface area contributed by atoms with Crippen LogP contribution in [0.15, 0.2) is 48.5 Å². The third kappa shape index (κ3) is 4.80. The molecule has 4 heteroatoms. The van der Waals surface area contributed by atoms with E-state index in [0.717, 1.165) is 12.8 Å². The highest BCUT2D eigenvalue weighted by atomic mass is 35.5. The van der Waals surface area contributed by atoms with Crippen molar-refractivity contribution < 1.29 is 9.53 Å². The van der Waals surface area contributed by atoms with Crippen LogP contribution >= 0.6 is 11.6 Å². The van der Waals surface area contributed by atoms with Crippen molar-refractivity contribution in [2.75, 3.05) is 11.9 Å². The summed E-state index contributed by atoms with van der Waals surface area (Å²) in [7, 11) is 0. The lowest BCUT2D eigenvalue weighted by molar-refractivity contribution is 0.102. The Labute approximate surface area is 129 Å². The maximum absolute atomic E-state index is 12.2. The van der Waals surface area contributed by atoms with Crippen molar-refractivity contribution in [3.05, 3.63) is 59.1 Å². The third-order valence-electron chi connectivity index (χ3n) is 2.95. The van der Waals surface area contributed by atoms with Gasteiger partial charge in [0, 0.05) is 16.3 Å². The van der Waals surface area contributed by atoms with Crippen LogP contribution in [0.3, 0.4) is 0 Å². The number of anilines is 1. The average molecular weight is 304 g/mol. The van der Waals surface area contributed by atoms with Crippen molar-refractivity contribution in [3.8, 4) is 5.75 Å². The molecule has 0 aliphatic carbocycles. The lowest BCUT2D eigenvalue weighted by Gasteiger charge is -2.08. The fourth-order valence-electron chi connectivity index (χ4n) is 1.83. The van der Waals surface area contributed by atoms with Gasteiger partial charge in [0.25, 0.3) is 5.91 Å². The number of nitrogens with one attached hydrogen (secondary N) is 1. The molecule has 0 aliphatic heterocycles. The minimum atomic E-state index is -0.182. The van der Waals surface area contributed by atoms with Crippen molar-refractivity contribution in [1.82, 2.24) is 0 Å². The van der Waals surface area contributed by atoms with Crippen LogP contribution in [-0.4, -0.2) is 12.5 Å². The summed E-state index contributed by atoms with van der Waals surface area (Å²) in [5.41, 5.74) is 1.23. The second kappa shape index (κ2) is 7.70. The summed E-state index contributed by atoms with van der Waals surface area (Å²) < 4.78 is 5.61. The number of carbonyl (C=O) groups is 1. The highest BCUT2D eigenvalue weighted by Gasteiger charge is 2.07. The molecule has 110 valence electrons. The summed E-state index contributed by atoms with van der Waals surface area (Å²) in [5.74, 6) is 0.528. The van der Waals surface area contributed by atoms with Crippen LogP contribution in [0.5, 0.6) is 5.75 Å². The van der Waals surface area contributed by atoms with Gasteiger partial charge in [0.2, 0.25) is 0 Å². The Bertz CT molecular complexity index is 613. The normalized spacial score (nSPS) is 10.2. The molecule has 2 rings (SSSR count). The Morgan fingerprint density at radius 1 is 1.19 bits per heavy atom. The highest BCUT2D eigenvalue weighted by molar-refractivity contribution is 6.30. The Kier molecular flexibility index (Phi) is 5.64. The fourth-order valence-corrected chi connectivity index (χ4v) is 2.02. The number of carbonyl (C=O) groups excluding carboxylic acids is 1. The van der Waals surface area contributed by atoms with E-state index in [1.165, 1.54) is 0 Å². The molecule has 0 aliphatic rings. The second-order valence-electron chi connectivity index (χ2n) is 4.69. The van der Waals surface area contributed by atoms with Gasteiger partial charge >= 0.3 is 0 Å². The molecule has 0 spiro atoms. The number of unbranched alkanes of at least 4 members (excludes halogenated alkanes) is 1. The van der Waals surface area contributed by atoms with E-state index in [0.29, 0.717) is 28.6 Å². The second-order valence-corrected chi connectivity index (χ2v) is 5.13. The van der Waals surface area contributed by atoms with Crippen LogP contribution in [0.4, 0.5) is 5.69 Å². The van der Waals surface area contributed by atoms with E-state index in [1.54, 1.807) is 36.4 Å². The van der Waals surface area contributed by atoms with E-state index < -0.39 is 0 Å². The minimum Gasteiger partial charge on any atom is -0.494 e. The lowest BCUT2D eigenvalue weighted by atomic mass is 10.2. The van der Waals surface area contributed by atoms with Gasteiger partial charge in [0.15, 0.2) is 0 Å². The molecule has 0 aromatic heterocycles. The molecule has 1 N–H and O–H groups in total.